The summed E-state index contributed by atoms with van der Waals surface area (Å²) in [6.45, 7) is 3.98. The van der Waals surface area contributed by atoms with Crippen molar-refractivity contribution in [2.45, 2.75) is 24.8 Å². The standard InChI is InChI=1S/C25H25NO3S/c1-18-9-13-21(14-10-18)24(26-30(28)22-15-11-19(2)12-16-22)23(25(27)29-3)17-20-7-5-4-6-8-20/h4-17,24,26H,1-3H3/b23-17-/t24-,30?/m0/s1. The molecule has 0 radical (unpaired) electrons. The minimum absolute atomic E-state index is 0.382. The summed E-state index contributed by atoms with van der Waals surface area (Å²) in [7, 11) is -0.172. The van der Waals surface area contributed by atoms with Gasteiger partial charge in [-0.05, 0) is 43.2 Å². The largest absolute Gasteiger partial charge is 0.466 e. The molecule has 0 fully saturated rings. The molecule has 3 rings (SSSR count). The molecule has 2 atom stereocenters. The van der Waals surface area contributed by atoms with Gasteiger partial charge in [0.15, 0.2) is 0 Å². The fourth-order valence-electron chi connectivity index (χ4n) is 3.01. The average Bonchev–Trinajstić information content (AvgIpc) is 2.77. The van der Waals surface area contributed by atoms with E-state index in [0.717, 1.165) is 22.3 Å². The van der Waals surface area contributed by atoms with E-state index in [2.05, 4.69) is 4.72 Å². The molecule has 3 aromatic carbocycles. The molecular weight excluding hydrogens is 394 g/mol. The van der Waals surface area contributed by atoms with Crippen molar-refractivity contribution in [1.29, 1.82) is 0 Å². The summed E-state index contributed by atoms with van der Waals surface area (Å²) in [5.41, 5.74) is 4.26. The van der Waals surface area contributed by atoms with Crippen LogP contribution in [0.25, 0.3) is 6.08 Å². The average molecular weight is 420 g/mol. The van der Waals surface area contributed by atoms with E-state index in [1.165, 1.54) is 7.11 Å². The minimum Gasteiger partial charge on any atom is -0.466 e. The van der Waals surface area contributed by atoms with Crippen LogP contribution in [0.3, 0.4) is 0 Å². The van der Waals surface area contributed by atoms with Crippen molar-refractivity contribution in [2.24, 2.45) is 0 Å². The number of hydrogen-bond donors (Lipinski definition) is 1. The second-order valence-electron chi connectivity index (χ2n) is 7.05. The molecule has 0 saturated carbocycles. The van der Waals surface area contributed by atoms with Crippen molar-refractivity contribution in [1.82, 2.24) is 4.72 Å². The number of carbonyl (C=O) groups is 1. The van der Waals surface area contributed by atoms with E-state index in [1.807, 2.05) is 92.7 Å². The van der Waals surface area contributed by atoms with Gasteiger partial charge in [-0.25, -0.2) is 13.7 Å². The zero-order valence-corrected chi connectivity index (χ0v) is 18.1. The van der Waals surface area contributed by atoms with Gasteiger partial charge in [0.05, 0.1) is 23.6 Å². The van der Waals surface area contributed by atoms with Crippen LogP contribution in [0.1, 0.15) is 28.3 Å². The summed E-state index contributed by atoms with van der Waals surface area (Å²) >= 11 is 0. The molecule has 0 heterocycles. The number of hydrogen-bond acceptors (Lipinski definition) is 3. The normalized spacial score (nSPS) is 13.5. The summed E-state index contributed by atoms with van der Waals surface area (Å²) in [6.07, 6.45) is 1.77. The van der Waals surface area contributed by atoms with Crippen molar-refractivity contribution in [3.63, 3.8) is 0 Å². The Morgan fingerprint density at radius 2 is 1.47 bits per heavy atom. The quantitative estimate of drug-likeness (QED) is 0.437. The molecule has 154 valence electrons. The number of aryl methyl sites for hydroxylation is 2. The Bertz CT molecular complexity index is 1040. The third-order valence-corrected chi connectivity index (χ3v) is 5.87. The minimum atomic E-state index is -1.52. The molecule has 0 bridgehead atoms. The first-order valence-corrected chi connectivity index (χ1v) is 10.8. The topological polar surface area (TPSA) is 55.4 Å². The van der Waals surface area contributed by atoms with Crippen molar-refractivity contribution >= 4 is 23.0 Å². The number of ether oxygens (including phenoxy) is 1. The van der Waals surface area contributed by atoms with Gasteiger partial charge in [0.25, 0.3) is 0 Å². The Morgan fingerprint density at radius 1 is 0.900 bits per heavy atom. The monoisotopic (exact) mass is 419 g/mol. The fourth-order valence-corrected chi connectivity index (χ4v) is 4.01. The van der Waals surface area contributed by atoms with Crippen LogP contribution in [0, 0.1) is 13.8 Å². The van der Waals surface area contributed by atoms with Gasteiger partial charge in [0.1, 0.15) is 11.0 Å². The van der Waals surface area contributed by atoms with Gasteiger partial charge in [0.2, 0.25) is 0 Å². The van der Waals surface area contributed by atoms with E-state index in [0.29, 0.717) is 10.5 Å². The zero-order chi connectivity index (χ0) is 21.5. The first-order chi connectivity index (χ1) is 14.5. The van der Waals surface area contributed by atoms with E-state index in [9.17, 15) is 9.00 Å². The molecular formula is C25H25NO3S. The molecule has 0 amide bonds. The molecule has 5 heteroatoms. The Balaban J connectivity index is 2.05. The molecule has 0 aliphatic heterocycles. The molecule has 1 N–H and O–H groups in total. The molecule has 3 aromatic rings. The van der Waals surface area contributed by atoms with Crippen LogP contribution in [0.4, 0.5) is 0 Å². The Kier molecular flexibility index (Phi) is 7.33. The molecule has 1 unspecified atom stereocenters. The zero-order valence-electron chi connectivity index (χ0n) is 17.3. The number of methoxy groups -OCH3 is 1. The lowest BCUT2D eigenvalue weighted by molar-refractivity contribution is -0.136. The second kappa shape index (κ2) is 10.1. The first kappa shape index (κ1) is 21.7. The van der Waals surface area contributed by atoms with Crippen LogP contribution in [-0.2, 0) is 20.5 Å². The Morgan fingerprint density at radius 3 is 2.03 bits per heavy atom. The van der Waals surface area contributed by atoms with Crippen LogP contribution in [0.5, 0.6) is 0 Å². The van der Waals surface area contributed by atoms with Crippen LogP contribution in [0.15, 0.2) is 89.3 Å². The van der Waals surface area contributed by atoms with Gasteiger partial charge in [-0.3, -0.25) is 0 Å². The molecule has 30 heavy (non-hydrogen) atoms. The van der Waals surface area contributed by atoms with Crippen molar-refractivity contribution in [3.8, 4) is 0 Å². The summed E-state index contributed by atoms with van der Waals surface area (Å²) in [6, 6.07) is 24.2. The third kappa shape index (κ3) is 5.53. The predicted molar refractivity (Wildman–Crippen MR) is 121 cm³/mol. The number of esters is 1. The van der Waals surface area contributed by atoms with Gasteiger partial charge in [-0.1, -0.05) is 77.9 Å². The smallest absolute Gasteiger partial charge is 0.335 e. The molecule has 4 nitrogen and oxygen atoms in total. The third-order valence-electron chi connectivity index (χ3n) is 4.72. The molecule has 0 saturated heterocycles. The maximum atomic E-state index is 13.1. The number of benzene rings is 3. The highest BCUT2D eigenvalue weighted by Gasteiger charge is 2.26. The van der Waals surface area contributed by atoms with E-state index >= 15 is 0 Å². The SMILES string of the molecule is COC(=O)/C(=C\c1ccccc1)[C@@H](NS(=O)c1ccc(C)cc1)c1ccc(C)cc1. The summed E-state index contributed by atoms with van der Waals surface area (Å²) < 4.78 is 21.3. The lowest BCUT2D eigenvalue weighted by Crippen LogP contribution is -2.29. The highest BCUT2D eigenvalue weighted by Crippen LogP contribution is 2.27. The van der Waals surface area contributed by atoms with Crippen LogP contribution in [0.2, 0.25) is 0 Å². The fraction of sp³-hybridized carbons (Fsp3) is 0.160. The second-order valence-corrected chi connectivity index (χ2v) is 8.29. The Labute approximate surface area is 180 Å². The summed E-state index contributed by atoms with van der Waals surface area (Å²) in [4.78, 5) is 13.4. The van der Waals surface area contributed by atoms with Crippen LogP contribution in [-0.4, -0.2) is 17.3 Å². The lowest BCUT2D eigenvalue weighted by Gasteiger charge is -2.21. The highest BCUT2D eigenvalue weighted by molar-refractivity contribution is 7.83. The van der Waals surface area contributed by atoms with Gasteiger partial charge in [-0.15, -0.1) is 0 Å². The van der Waals surface area contributed by atoms with E-state index in [1.54, 1.807) is 6.08 Å². The van der Waals surface area contributed by atoms with Crippen LogP contribution >= 0.6 is 0 Å². The maximum absolute atomic E-state index is 13.1. The van der Waals surface area contributed by atoms with E-state index < -0.39 is 23.0 Å². The Hall–Kier alpha value is -3.02. The number of carbonyl (C=O) groups excluding carboxylic acids is 1. The van der Waals surface area contributed by atoms with E-state index in [4.69, 9.17) is 4.74 Å². The van der Waals surface area contributed by atoms with Gasteiger partial charge < -0.3 is 4.74 Å². The van der Waals surface area contributed by atoms with Crippen molar-refractivity contribution in [3.05, 3.63) is 107 Å². The maximum Gasteiger partial charge on any atom is 0.335 e. The van der Waals surface area contributed by atoms with Crippen molar-refractivity contribution in [2.75, 3.05) is 7.11 Å². The summed E-state index contributed by atoms with van der Waals surface area (Å²) in [5.74, 6) is -0.474. The molecule has 0 aliphatic carbocycles. The molecule has 0 aliphatic rings. The predicted octanol–water partition coefficient (Wildman–Crippen LogP) is 4.91. The number of nitrogens with one attached hydrogen (secondary N) is 1. The summed E-state index contributed by atoms with van der Waals surface area (Å²) in [5, 5.41) is 0. The van der Waals surface area contributed by atoms with E-state index in [-0.39, 0.29) is 0 Å². The van der Waals surface area contributed by atoms with Crippen molar-refractivity contribution < 1.29 is 13.7 Å². The molecule has 0 aromatic heterocycles. The van der Waals surface area contributed by atoms with Gasteiger partial charge in [0, 0.05) is 0 Å². The lowest BCUT2D eigenvalue weighted by atomic mass is 9.96. The van der Waals surface area contributed by atoms with Gasteiger partial charge >= 0.3 is 5.97 Å². The molecule has 0 spiro atoms. The van der Waals surface area contributed by atoms with Crippen LogP contribution < -0.4 is 4.72 Å². The highest BCUT2D eigenvalue weighted by atomic mass is 32.2. The number of rotatable bonds is 7. The first-order valence-electron chi connectivity index (χ1n) is 9.64. The van der Waals surface area contributed by atoms with Gasteiger partial charge in [-0.2, -0.15) is 0 Å².